The lowest BCUT2D eigenvalue weighted by atomic mass is 10.2. The molecule has 0 aromatic carbocycles. The molecule has 6 heteroatoms. The summed E-state index contributed by atoms with van der Waals surface area (Å²) in [5, 5.41) is 4.12. The standard InChI is InChI=1S/C15H24N4O2/c1-10(2)15-16-14(17-21-15)12-5-4-8-19(12)9-13(20)18(3)11-6-7-11/h10-12H,4-9H2,1-3H3/t12-/m0/s1. The van der Waals surface area contributed by atoms with E-state index in [1.807, 2.05) is 25.8 Å². The number of amides is 1. The Bertz CT molecular complexity index is 510. The van der Waals surface area contributed by atoms with Crippen LogP contribution in [0.3, 0.4) is 0 Å². The van der Waals surface area contributed by atoms with Crippen molar-refractivity contribution in [2.75, 3.05) is 20.1 Å². The highest BCUT2D eigenvalue weighted by Gasteiger charge is 2.35. The third kappa shape index (κ3) is 3.10. The second-order valence-electron chi connectivity index (χ2n) is 6.51. The maximum Gasteiger partial charge on any atom is 0.236 e. The van der Waals surface area contributed by atoms with Crippen LogP contribution in [0.5, 0.6) is 0 Å². The maximum atomic E-state index is 12.3. The molecule has 1 aliphatic carbocycles. The smallest absolute Gasteiger partial charge is 0.236 e. The van der Waals surface area contributed by atoms with Crippen molar-refractivity contribution in [3.63, 3.8) is 0 Å². The molecule has 1 aliphatic heterocycles. The summed E-state index contributed by atoms with van der Waals surface area (Å²) < 4.78 is 5.30. The number of carbonyl (C=O) groups excluding carboxylic acids is 1. The van der Waals surface area contributed by atoms with Crippen molar-refractivity contribution in [3.05, 3.63) is 11.7 Å². The van der Waals surface area contributed by atoms with Crippen molar-refractivity contribution in [1.82, 2.24) is 19.9 Å². The van der Waals surface area contributed by atoms with Gasteiger partial charge in [-0.1, -0.05) is 19.0 Å². The van der Waals surface area contributed by atoms with Crippen LogP contribution in [0.2, 0.25) is 0 Å². The zero-order valence-electron chi connectivity index (χ0n) is 13.1. The molecule has 2 aliphatic rings. The van der Waals surface area contributed by atoms with Crippen LogP contribution in [-0.4, -0.2) is 52.0 Å². The van der Waals surface area contributed by atoms with E-state index in [9.17, 15) is 4.79 Å². The van der Waals surface area contributed by atoms with Crippen LogP contribution in [-0.2, 0) is 4.79 Å². The fourth-order valence-corrected chi connectivity index (χ4v) is 2.88. The highest BCUT2D eigenvalue weighted by molar-refractivity contribution is 5.78. The minimum absolute atomic E-state index is 0.123. The van der Waals surface area contributed by atoms with Crippen LogP contribution in [0.15, 0.2) is 4.52 Å². The first-order chi connectivity index (χ1) is 10.1. The molecular weight excluding hydrogens is 268 g/mol. The molecule has 21 heavy (non-hydrogen) atoms. The summed E-state index contributed by atoms with van der Waals surface area (Å²) in [5.74, 6) is 1.86. The molecule has 1 saturated carbocycles. The van der Waals surface area contributed by atoms with Crippen LogP contribution < -0.4 is 0 Å². The normalized spacial score (nSPS) is 23.0. The number of nitrogens with zero attached hydrogens (tertiary/aromatic N) is 4. The Morgan fingerprint density at radius 2 is 2.19 bits per heavy atom. The van der Waals surface area contributed by atoms with E-state index in [0.29, 0.717) is 18.5 Å². The fraction of sp³-hybridized carbons (Fsp3) is 0.800. The van der Waals surface area contributed by atoms with E-state index in [0.717, 1.165) is 38.1 Å². The second kappa shape index (κ2) is 5.75. The number of aromatic nitrogens is 2. The predicted octanol–water partition coefficient (Wildman–Crippen LogP) is 1.95. The van der Waals surface area contributed by atoms with E-state index in [2.05, 4.69) is 15.0 Å². The van der Waals surface area contributed by atoms with Gasteiger partial charge in [-0.05, 0) is 32.2 Å². The molecule has 0 spiro atoms. The van der Waals surface area contributed by atoms with Gasteiger partial charge in [-0.3, -0.25) is 9.69 Å². The Balaban J connectivity index is 1.65. The third-order valence-electron chi connectivity index (χ3n) is 4.44. The van der Waals surface area contributed by atoms with E-state index >= 15 is 0 Å². The number of rotatable bonds is 5. The highest BCUT2D eigenvalue weighted by Crippen LogP contribution is 2.31. The zero-order valence-corrected chi connectivity index (χ0v) is 13.1. The number of likely N-dealkylation sites (N-methyl/N-ethyl adjacent to an activating group) is 1. The van der Waals surface area contributed by atoms with Gasteiger partial charge < -0.3 is 9.42 Å². The molecule has 6 nitrogen and oxygen atoms in total. The third-order valence-corrected chi connectivity index (χ3v) is 4.44. The predicted molar refractivity (Wildman–Crippen MR) is 77.7 cm³/mol. The molecule has 116 valence electrons. The van der Waals surface area contributed by atoms with Gasteiger partial charge >= 0.3 is 0 Å². The Labute approximate surface area is 125 Å². The summed E-state index contributed by atoms with van der Waals surface area (Å²) in [6.07, 6.45) is 4.37. The van der Waals surface area contributed by atoms with Crippen molar-refractivity contribution in [2.45, 2.75) is 57.5 Å². The minimum atomic E-state index is 0.123. The van der Waals surface area contributed by atoms with Crippen molar-refractivity contribution in [2.24, 2.45) is 0 Å². The number of hydrogen-bond acceptors (Lipinski definition) is 5. The summed E-state index contributed by atoms with van der Waals surface area (Å²) >= 11 is 0. The lowest BCUT2D eigenvalue weighted by molar-refractivity contribution is -0.131. The summed E-state index contributed by atoms with van der Waals surface area (Å²) in [7, 11) is 1.91. The average molecular weight is 292 g/mol. The van der Waals surface area contributed by atoms with E-state index in [-0.39, 0.29) is 17.9 Å². The van der Waals surface area contributed by atoms with Gasteiger partial charge in [0.05, 0.1) is 12.6 Å². The minimum Gasteiger partial charge on any atom is -0.342 e. The number of carbonyl (C=O) groups is 1. The lowest BCUT2D eigenvalue weighted by Gasteiger charge is -2.24. The maximum absolute atomic E-state index is 12.3. The molecule has 0 radical (unpaired) electrons. The molecule has 1 atom stereocenters. The van der Waals surface area contributed by atoms with Gasteiger partial charge in [0.2, 0.25) is 11.8 Å². The molecule has 1 aromatic heterocycles. The highest BCUT2D eigenvalue weighted by atomic mass is 16.5. The average Bonchev–Trinajstić information content (AvgIpc) is 2.99. The molecule has 0 unspecified atom stereocenters. The van der Waals surface area contributed by atoms with Crippen molar-refractivity contribution in [3.8, 4) is 0 Å². The molecule has 0 N–H and O–H groups in total. The quantitative estimate of drug-likeness (QED) is 0.830. The van der Waals surface area contributed by atoms with Gasteiger partial charge in [-0.2, -0.15) is 4.98 Å². The topological polar surface area (TPSA) is 62.5 Å². The molecule has 1 amide bonds. The molecule has 3 rings (SSSR count). The van der Waals surface area contributed by atoms with Gasteiger partial charge in [0.15, 0.2) is 5.82 Å². The van der Waals surface area contributed by atoms with Crippen molar-refractivity contribution < 1.29 is 9.32 Å². The molecule has 1 saturated heterocycles. The largest absolute Gasteiger partial charge is 0.342 e. The Morgan fingerprint density at radius 3 is 2.81 bits per heavy atom. The van der Waals surface area contributed by atoms with Crippen LogP contribution in [0, 0.1) is 0 Å². The van der Waals surface area contributed by atoms with Gasteiger partial charge in [-0.15, -0.1) is 0 Å². The van der Waals surface area contributed by atoms with Crippen molar-refractivity contribution in [1.29, 1.82) is 0 Å². The molecule has 1 aromatic rings. The molecular formula is C15H24N4O2. The Morgan fingerprint density at radius 1 is 1.43 bits per heavy atom. The Kier molecular flexibility index (Phi) is 3.97. The zero-order chi connectivity index (χ0) is 15.0. The second-order valence-corrected chi connectivity index (χ2v) is 6.51. The van der Waals surface area contributed by atoms with Crippen LogP contribution in [0.1, 0.15) is 63.2 Å². The van der Waals surface area contributed by atoms with Gasteiger partial charge in [-0.25, -0.2) is 0 Å². The Hall–Kier alpha value is -1.43. The van der Waals surface area contributed by atoms with Crippen LogP contribution in [0.4, 0.5) is 0 Å². The monoisotopic (exact) mass is 292 g/mol. The van der Waals surface area contributed by atoms with E-state index in [1.165, 1.54) is 0 Å². The first kappa shape index (κ1) is 14.5. The first-order valence-electron chi connectivity index (χ1n) is 7.89. The van der Waals surface area contributed by atoms with Gasteiger partial charge in [0.1, 0.15) is 0 Å². The van der Waals surface area contributed by atoms with Crippen molar-refractivity contribution >= 4 is 5.91 Å². The first-order valence-corrected chi connectivity index (χ1v) is 7.89. The number of hydrogen-bond donors (Lipinski definition) is 0. The van der Waals surface area contributed by atoms with Crippen LogP contribution in [0.25, 0.3) is 0 Å². The van der Waals surface area contributed by atoms with E-state index < -0.39 is 0 Å². The van der Waals surface area contributed by atoms with Gasteiger partial charge in [0.25, 0.3) is 0 Å². The van der Waals surface area contributed by atoms with Gasteiger partial charge in [0, 0.05) is 19.0 Å². The number of likely N-dealkylation sites (tertiary alicyclic amines) is 1. The lowest BCUT2D eigenvalue weighted by Crippen LogP contribution is -2.39. The molecule has 2 fully saturated rings. The SMILES string of the molecule is CC(C)c1nc([C@@H]2CCCN2CC(=O)N(C)C2CC2)no1. The summed E-state index contributed by atoms with van der Waals surface area (Å²) in [6.45, 7) is 5.47. The van der Waals surface area contributed by atoms with E-state index in [1.54, 1.807) is 0 Å². The summed E-state index contributed by atoms with van der Waals surface area (Å²) in [5.41, 5.74) is 0. The molecule has 0 bridgehead atoms. The van der Waals surface area contributed by atoms with Crippen LogP contribution >= 0.6 is 0 Å². The molecule has 2 heterocycles. The summed E-state index contributed by atoms with van der Waals surface area (Å²) in [6, 6.07) is 0.592. The summed E-state index contributed by atoms with van der Waals surface area (Å²) in [4.78, 5) is 20.9. The van der Waals surface area contributed by atoms with E-state index in [4.69, 9.17) is 4.52 Å². The fourth-order valence-electron chi connectivity index (χ4n) is 2.88.